The summed E-state index contributed by atoms with van der Waals surface area (Å²) in [7, 11) is 0. The minimum atomic E-state index is -1.04. The van der Waals surface area contributed by atoms with Crippen molar-refractivity contribution in [2.75, 3.05) is 0 Å². The first-order valence-electron chi connectivity index (χ1n) is 7.92. The molecule has 0 saturated carbocycles. The summed E-state index contributed by atoms with van der Waals surface area (Å²) in [6.07, 6.45) is 2.60. The van der Waals surface area contributed by atoms with Gasteiger partial charge in [0.25, 0.3) is 0 Å². The molecule has 3 unspecified atom stereocenters. The Labute approximate surface area is 136 Å². The molecule has 0 aromatic rings. The van der Waals surface area contributed by atoms with Crippen LogP contribution in [-0.2, 0) is 19.1 Å². The Hall–Kier alpha value is -1.89. The Balaban J connectivity index is 3.12. The van der Waals surface area contributed by atoms with Crippen LogP contribution in [0.25, 0.3) is 0 Å². The van der Waals surface area contributed by atoms with Crippen LogP contribution >= 0.6 is 0 Å². The van der Waals surface area contributed by atoms with Gasteiger partial charge in [-0.15, -0.1) is 0 Å². The van der Waals surface area contributed by atoms with Crippen molar-refractivity contribution in [1.29, 1.82) is 0 Å². The van der Waals surface area contributed by atoms with Crippen LogP contribution in [0.15, 0.2) is 11.6 Å². The maximum atomic E-state index is 11.5. The molecule has 1 aliphatic rings. The summed E-state index contributed by atoms with van der Waals surface area (Å²) >= 11 is 0. The van der Waals surface area contributed by atoms with Gasteiger partial charge < -0.3 is 20.5 Å². The zero-order chi connectivity index (χ0) is 17.6. The van der Waals surface area contributed by atoms with E-state index < -0.39 is 24.2 Å². The monoisotopic (exact) mass is 326 g/mol. The highest BCUT2D eigenvalue weighted by atomic mass is 16.5. The quantitative estimate of drug-likeness (QED) is 0.647. The molecule has 0 aliphatic heterocycles. The second-order valence-electron chi connectivity index (χ2n) is 5.77. The lowest BCUT2D eigenvalue weighted by Gasteiger charge is -2.38. The maximum Gasteiger partial charge on any atom is 0.331 e. The molecule has 7 heteroatoms. The highest BCUT2D eigenvalue weighted by Gasteiger charge is 2.37. The smallest absolute Gasteiger partial charge is 0.331 e. The third-order valence-electron chi connectivity index (χ3n) is 3.89. The van der Waals surface area contributed by atoms with Crippen molar-refractivity contribution in [3.8, 4) is 0 Å². The molecule has 7 nitrogen and oxygen atoms in total. The molecule has 0 bridgehead atoms. The van der Waals surface area contributed by atoms with Crippen LogP contribution in [0.5, 0.6) is 0 Å². The Kier molecular flexibility index (Phi) is 7.22. The molecule has 23 heavy (non-hydrogen) atoms. The van der Waals surface area contributed by atoms with E-state index in [0.717, 1.165) is 12.8 Å². The van der Waals surface area contributed by atoms with Crippen molar-refractivity contribution in [3.05, 3.63) is 11.6 Å². The van der Waals surface area contributed by atoms with E-state index in [1.165, 1.54) is 13.8 Å². The molecule has 0 heterocycles. The normalized spacial score (nSPS) is 24.0. The lowest BCUT2D eigenvalue weighted by atomic mass is 9.87. The zero-order valence-electron chi connectivity index (χ0n) is 14.1. The highest BCUT2D eigenvalue weighted by Crippen LogP contribution is 2.24. The summed E-state index contributed by atoms with van der Waals surface area (Å²) in [5.41, 5.74) is 0.182. The maximum absolute atomic E-state index is 11.5. The van der Waals surface area contributed by atoms with Gasteiger partial charge in [-0.3, -0.25) is 9.59 Å². The van der Waals surface area contributed by atoms with E-state index in [9.17, 15) is 19.5 Å². The number of rotatable bonds is 7. The van der Waals surface area contributed by atoms with Crippen LogP contribution in [0.2, 0.25) is 0 Å². The Morgan fingerprint density at radius 1 is 1.22 bits per heavy atom. The lowest BCUT2D eigenvalue weighted by Crippen LogP contribution is -2.59. The molecule has 0 aromatic carbocycles. The second kappa shape index (κ2) is 8.67. The first-order valence-corrected chi connectivity index (χ1v) is 7.92. The number of carboxylic acid groups (broad SMARTS) is 1. The number of carboxylic acids is 1. The predicted octanol–water partition coefficient (Wildman–Crippen LogP) is 0.984. The highest BCUT2D eigenvalue weighted by molar-refractivity contribution is 5.87. The summed E-state index contributed by atoms with van der Waals surface area (Å²) in [4.78, 5) is 34.3. The average Bonchev–Trinajstić information content (AvgIpc) is 2.46. The molecule has 0 fully saturated rings. The van der Waals surface area contributed by atoms with Crippen molar-refractivity contribution >= 4 is 17.8 Å². The lowest BCUT2D eigenvalue weighted by molar-refractivity contribution is -0.133. The molecular weight excluding hydrogens is 300 g/mol. The van der Waals surface area contributed by atoms with Crippen molar-refractivity contribution in [3.63, 3.8) is 0 Å². The van der Waals surface area contributed by atoms with Gasteiger partial charge >= 0.3 is 5.97 Å². The number of amides is 2. The molecule has 3 N–H and O–H groups in total. The van der Waals surface area contributed by atoms with Gasteiger partial charge in [-0.05, 0) is 18.9 Å². The molecule has 2 amide bonds. The first-order chi connectivity index (χ1) is 10.8. The number of aliphatic carboxylic acids is 1. The fraction of sp³-hybridized carbons (Fsp3) is 0.688. The van der Waals surface area contributed by atoms with Gasteiger partial charge in [-0.25, -0.2) is 4.79 Å². The summed E-state index contributed by atoms with van der Waals surface area (Å²) < 4.78 is 5.99. The number of carbonyl (C=O) groups excluding carboxylic acids is 2. The van der Waals surface area contributed by atoms with Crippen LogP contribution in [0.1, 0.15) is 47.0 Å². The molecule has 0 saturated heterocycles. The second-order valence-corrected chi connectivity index (χ2v) is 5.77. The number of hydrogen-bond donors (Lipinski definition) is 3. The van der Waals surface area contributed by atoms with E-state index in [1.807, 2.05) is 13.8 Å². The Morgan fingerprint density at radius 3 is 2.22 bits per heavy atom. The minimum Gasteiger partial charge on any atom is -0.478 e. The van der Waals surface area contributed by atoms with E-state index in [-0.39, 0.29) is 29.9 Å². The molecule has 0 radical (unpaired) electrons. The van der Waals surface area contributed by atoms with Crippen molar-refractivity contribution in [1.82, 2.24) is 10.6 Å². The van der Waals surface area contributed by atoms with Crippen LogP contribution < -0.4 is 10.6 Å². The zero-order valence-corrected chi connectivity index (χ0v) is 14.1. The van der Waals surface area contributed by atoms with Crippen LogP contribution in [-0.4, -0.2) is 47.2 Å². The molecule has 1 rings (SSSR count). The molecule has 130 valence electrons. The summed E-state index contributed by atoms with van der Waals surface area (Å²) in [5.74, 6) is -1.58. The van der Waals surface area contributed by atoms with E-state index in [1.54, 1.807) is 6.08 Å². The van der Waals surface area contributed by atoms with Gasteiger partial charge in [0.2, 0.25) is 11.8 Å². The third kappa shape index (κ3) is 5.67. The average molecular weight is 326 g/mol. The number of carbonyl (C=O) groups is 3. The SMILES string of the molecule is CCC(CC)OC1C=C(C(=O)O)CC(NC(C)=O)C1NC(C)=O. The largest absolute Gasteiger partial charge is 0.478 e. The summed E-state index contributed by atoms with van der Waals surface area (Å²) in [6, 6.07) is -1.02. The first kappa shape index (κ1) is 19.2. The van der Waals surface area contributed by atoms with E-state index in [2.05, 4.69) is 10.6 Å². The summed E-state index contributed by atoms with van der Waals surface area (Å²) in [6.45, 7) is 6.71. The fourth-order valence-electron chi connectivity index (χ4n) is 2.77. The predicted molar refractivity (Wildman–Crippen MR) is 84.8 cm³/mol. The molecular formula is C16H26N2O5. The van der Waals surface area contributed by atoms with Crippen molar-refractivity contribution in [2.45, 2.75) is 71.2 Å². The van der Waals surface area contributed by atoms with E-state index >= 15 is 0 Å². The Morgan fingerprint density at radius 2 is 1.78 bits per heavy atom. The van der Waals surface area contributed by atoms with Crippen molar-refractivity contribution < 1.29 is 24.2 Å². The van der Waals surface area contributed by atoms with Crippen LogP contribution in [0, 0.1) is 0 Å². The topological polar surface area (TPSA) is 105 Å². The van der Waals surface area contributed by atoms with E-state index in [4.69, 9.17) is 4.74 Å². The van der Waals surface area contributed by atoms with Gasteiger partial charge in [0.1, 0.15) is 0 Å². The van der Waals surface area contributed by atoms with Crippen LogP contribution in [0.3, 0.4) is 0 Å². The molecule has 0 spiro atoms. The fourth-order valence-corrected chi connectivity index (χ4v) is 2.77. The molecule has 3 atom stereocenters. The van der Waals surface area contributed by atoms with Crippen molar-refractivity contribution in [2.24, 2.45) is 0 Å². The number of ether oxygens (including phenoxy) is 1. The van der Waals surface area contributed by atoms with Gasteiger partial charge in [-0.1, -0.05) is 13.8 Å². The van der Waals surface area contributed by atoms with Crippen LogP contribution in [0.4, 0.5) is 0 Å². The van der Waals surface area contributed by atoms with Gasteiger partial charge in [0.05, 0.1) is 24.3 Å². The number of nitrogens with one attached hydrogen (secondary N) is 2. The van der Waals surface area contributed by atoms with Gasteiger partial charge in [-0.2, -0.15) is 0 Å². The standard InChI is InChI=1S/C16H26N2O5/c1-5-12(6-2)23-14-8-11(16(21)22)7-13(17-9(3)19)15(14)18-10(4)20/h8,12-15H,5-7H2,1-4H3,(H,17,19)(H,18,20)(H,21,22). The van der Waals surface area contributed by atoms with E-state index in [0.29, 0.717) is 0 Å². The molecule has 1 aliphatic carbocycles. The Bertz CT molecular complexity index is 485. The molecule has 0 aromatic heterocycles. The number of hydrogen-bond acceptors (Lipinski definition) is 4. The third-order valence-corrected chi connectivity index (χ3v) is 3.89. The summed E-state index contributed by atoms with van der Waals surface area (Å²) in [5, 5.41) is 14.8. The van der Waals surface area contributed by atoms with Gasteiger partial charge in [0, 0.05) is 25.8 Å². The van der Waals surface area contributed by atoms with Gasteiger partial charge in [0.15, 0.2) is 0 Å². The minimum absolute atomic E-state index is 0.0429.